The number of benzene rings is 2. The summed E-state index contributed by atoms with van der Waals surface area (Å²) >= 11 is 15.0. The van der Waals surface area contributed by atoms with Gasteiger partial charge in [0.15, 0.2) is 0 Å². The summed E-state index contributed by atoms with van der Waals surface area (Å²) in [5, 5.41) is 5.32. The Morgan fingerprint density at radius 1 is 0.952 bits per heavy atom. The van der Waals surface area contributed by atoms with Gasteiger partial charge in [-0.15, -0.1) is 11.8 Å². The summed E-state index contributed by atoms with van der Waals surface area (Å²) < 4.78 is 84.0. The molecule has 0 unspecified atom stereocenters. The second-order valence-electron chi connectivity index (χ2n) is 9.64. The van der Waals surface area contributed by atoms with Crippen molar-refractivity contribution in [1.82, 2.24) is 19.7 Å². The first-order valence-electron chi connectivity index (χ1n) is 12.1. The Morgan fingerprint density at radius 2 is 1.55 bits per heavy atom. The molecule has 2 aromatic carbocycles. The molecule has 2 aromatic heterocycles. The molecule has 0 aliphatic rings. The summed E-state index contributed by atoms with van der Waals surface area (Å²) in [4.78, 5) is 19.4. The summed E-state index contributed by atoms with van der Waals surface area (Å²) in [7, 11) is 2.82. The third kappa shape index (κ3) is 6.58. The number of hydrogen-bond donors (Lipinski definition) is 0. The number of alkyl halides is 6. The van der Waals surface area contributed by atoms with Crippen molar-refractivity contribution in [3.8, 4) is 27.5 Å². The van der Waals surface area contributed by atoms with Gasteiger partial charge in [-0.05, 0) is 42.8 Å². The molecular weight excluding hydrogens is 645 g/mol. The van der Waals surface area contributed by atoms with E-state index < -0.39 is 35.0 Å². The van der Waals surface area contributed by atoms with Gasteiger partial charge in [0.05, 0.1) is 36.8 Å². The van der Waals surface area contributed by atoms with E-state index >= 15 is 0 Å². The van der Waals surface area contributed by atoms with Crippen molar-refractivity contribution in [3.05, 3.63) is 69.0 Å². The van der Waals surface area contributed by atoms with Gasteiger partial charge < -0.3 is 4.90 Å². The molecule has 0 saturated carbocycles. The fourth-order valence-corrected chi connectivity index (χ4v) is 6.80. The van der Waals surface area contributed by atoms with E-state index in [-0.39, 0.29) is 38.4 Å². The molecule has 1 amide bonds. The fraction of sp³-hybridized carbons (Fsp3) is 0.296. The quantitative estimate of drug-likeness (QED) is 0.152. The molecule has 224 valence electrons. The molecule has 42 heavy (non-hydrogen) atoms. The number of aryl methyl sites for hydroxylation is 1. The molecule has 0 atom stereocenters. The van der Waals surface area contributed by atoms with Crippen molar-refractivity contribution in [2.45, 2.75) is 42.6 Å². The van der Waals surface area contributed by atoms with Crippen LogP contribution in [-0.4, -0.2) is 44.9 Å². The average Bonchev–Trinajstić information content (AvgIpc) is 3.44. The van der Waals surface area contributed by atoms with Crippen LogP contribution in [0.4, 0.5) is 26.3 Å². The number of halogens is 8. The van der Waals surface area contributed by atoms with Gasteiger partial charge in [0, 0.05) is 30.5 Å². The number of aromatic nitrogens is 3. The number of rotatable bonds is 6. The summed E-state index contributed by atoms with van der Waals surface area (Å²) in [6.45, 7) is 5.33. The minimum Gasteiger partial charge on any atom is -0.343 e. The highest BCUT2D eigenvalue weighted by molar-refractivity contribution is 8.01. The topological polar surface area (TPSA) is 51.0 Å². The fourth-order valence-electron chi connectivity index (χ4n) is 4.03. The maximum Gasteiger partial charge on any atom is 0.416 e. The van der Waals surface area contributed by atoms with Crippen molar-refractivity contribution in [2.75, 3.05) is 14.1 Å². The second kappa shape index (κ2) is 11.7. The standard InChI is InChI=1S/C27H22Cl2F6N4OS2/c1-12(2)41-24-21(14-6-7-18(28)19(29)10-14)36-25(42-24)39-22(23(40)38(4)5)20(13(3)37-39)15-8-16(26(30,31)32)11-17(9-15)27(33,34)35/h6-12H,1-5H3. The van der Waals surface area contributed by atoms with Crippen LogP contribution in [0.5, 0.6) is 0 Å². The van der Waals surface area contributed by atoms with Crippen LogP contribution in [0.1, 0.15) is 41.2 Å². The number of amides is 1. The lowest BCUT2D eigenvalue weighted by molar-refractivity contribution is -0.143. The number of thiazole rings is 1. The van der Waals surface area contributed by atoms with Crippen LogP contribution in [0, 0.1) is 6.92 Å². The second-order valence-corrected chi connectivity index (χ2v) is 13.3. The van der Waals surface area contributed by atoms with Crippen LogP contribution in [0.2, 0.25) is 10.0 Å². The normalized spacial score (nSPS) is 12.3. The Balaban J connectivity index is 2.02. The minimum absolute atomic E-state index is 0.0382. The van der Waals surface area contributed by atoms with Crippen LogP contribution in [0.15, 0.2) is 40.6 Å². The molecule has 5 nitrogen and oxygen atoms in total. The molecule has 2 heterocycles. The minimum atomic E-state index is -5.07. The van der Waals surface area contributed by atoms with Crippen molar-refractivity contribution < 1.29 is 31.1 Å². The zero-order valence-corrected chi connectivity index (χ0v) is 25.7. The average molecular weight is 668 g/mol. The highest BCUT2D eigenvalue weighted by atomic mass is 35.5. The van der Waals surface area contributed by atoms with E-state index in [1.165, 1.54) is 44.1 Å². The molecule has 0 radical (unpaired) electrons. The first kappa shape index (κ1) is 32.2. The maximum atomic E-state index is 13.7. The Labute approximate surface area is 255 Å². The van der Waals surface area contributed by atoms with Crippen LogP contribution in [-0.2, 0) is 12.4 Å². The van der Waals surface area contributed by atoms with Gasteiger partial charge in [0.25, 0.3) is 5.91 Å². The molecule has 0 saturated heterocycles. The number of thioether (sulfide) groups is 1. The van der Waals surface area contributed by atoms with Crippen LogP contribution in [0.25, 0.3) is 27.5 Å². The van der Waals surface area contributed by atoms with Gasteiger partial charge in [-0.25, -0.2) is 4.98 Å². The molecule has 15 heteroatoms. The summed E-state index contributed by atoms with van der Waals surface area (Å²) in [6.07, 6.45) is -10.1. The van der Waals surface area contributed by atoms with Crippen molar-refractivity contribution in [2.24, 2.45) is 0 Å². The molecule has 4 rings (SSSR count). The van der Waals surface area contributed by atoms with E-state index in [4.69, 9.17) is 28.2 Å². The Bertz CT molecular complexity index is 1630. The molecule has 4 aromatic rings. The van der Waals surface area contributed by atoms with Gasteiger partial charge in [-0.3, -0.25) is 4.79 Å². The molecule has 0 aliphatic heterocycles. The first-order chi connectivity index (χ1) is 19.4. The Kier molecular flexibility index (Phi) is 9.00. The van der Waals surface area contributed by atoms with E-state index in [1.807, 2.05) is 13.8 Å². The summed E-state index contributed by atoms with van der Waals surface area (Å²) in [6, 6.07) is 6.14. The number of carbonyl (C=O) groups excluding carboxylic acids is 1. The monoisotopic (exact) mass is 666 g/mol. The lowest BCUT2D eigenvalue weighted by Gasteiger charge is -2.16. The third-order valence-corrected chi connectivity index (χ3v) is 8.83. The van der Waals surface area contributed by atoms with Crippen molar-refractivity contribution in [1.29, 1.82) is 0 Å². The predicted molar refractivity (Wildman–Crippen MR) is 154 cm³/mol. The lowest BCUT2D eigenvalue weighted by Crippen LogP contribution is -2.25. The number of nitrogens with zero attached hydrogens (tertiary/aromatic N) is 4. The smallest absolute Gasteiger partial charge is 0.343 e. The first-order valence-corrected chi connectivity index (χ1v) is 14.6. The SMILES string of the molecule is Cc1nn(-c2nc(-c3ccc(Cl)c(Cl)c3)c(SC(C)C)s2)c(C(=O)N(C)C)c1-c1cc(C(F)(F)F)cc(C(F)(F)F)c1. The predicted octanol–water partition coefficient (Wildman–Crippen LogP) is 9.52. The molecule has 0 spiro atoms. The van der Waals surface area contributed by atoms with Crippen LogP contribution < -0.4 is 0 Å². The van der Waals surface area contributed by atoms with E-state index in [9.17, 15) is 31.1 Å². The van der Waals surface area contributed by atoms with E-state index in [1.54, 1.807) is 18.2 Å². The molecule has 0 bridgehead atoms. The number of hydrogen-bond acceptors (Lipinski definition) is 5. The van der Waals surface area contributed by atoms with Gasteiger partial charge in [-0.2, -0.15) is 36.1 Å². The zero-order valence-electron chi connectivity index (χ0n) is 22.6. The molecule has 0 aliphatic carbocycles. The maximum absolute atomic E-state index is 13.7. The summed E-state index contributed by atoms with van der Waals surface area (Å²) in [5.74, 6) is -0.694. The Morgan fingerprint density at radius 3 is 2.05 bits per heavy atom. The zero-order chi connectivity index (χ0) is 31.3. The van der Waals surface area contributed by atoms with E-state index in [2.05, 4.69) is 5.10 Å². The van der Waals surface area contributed by atoms with Crippen LogP contribution in [0.3, 0.4) is 0 Å². The van der Waals surface area contributed by atoms with E-state index in [0.29, 0.717) is 28.4 Å². The molecule has 0 N–H and O–H groups in total. The lowest BCUT2D eigenvalue weighted by atomic mass is 9.97. The summed E-state index contributed by atoms with van der Waals surface area (Å²) in [5.41, 5.74) is -2.71. The van der Waals surface area contributed by atoms with Gasteiger partial charge >= 0.3 is 12.4 Å². The van der Waals surface area contributed by atoms with Gasteiger partial charge in [0.1, 0.15) is 5.69 Å². The highest BCUT2D eigenvalue weighted by Gasteiger charge is 2.38. The van der Waals surface area contributed by atoms with Gasteiger partial charge in [0.2, 0.25) is 5.13 Å². The van der Waals surface area contributed by atoms with Crippen molar-refractivity contribution in [3.63, 3.8) is 0 Å². The molecular formula is C27H22Cl2F6N4OS2. The van der Waals surface area contributed by atoms with Gasteiger partial charge in [-0.1, -0.05) is 54.5 Å². The third-order valence-electron chi connectivity index (χ3n) is 5.85. The van der Waals surface area contributed by atoms with E-state index in [0.717, 1.165) is 13.8 Å². The number of carbonyl (C=O) groups is 1. The largest absolute Gasteiger partial charge is 0.416 e. The van der Waals surface area contributed by atoms with Crippen LogP contribution >= 0.6 is 46.3 Å². The Hall–Kier alpha value is -2.74. The highest BCUT2D eigenvalue weighted by Crippen LogP contribution is 2.44. The molecule has 0 fully saturated rings. The van der Waals surface area contributed by atoms with Crippen molar-refractivity contribution >= 4 is 52.2 Å².